The van der Waals surface area contributed by atoms with Crippen LogP contribution >= 0.6 is 11.6 Å². The third kappa shape index (κ3) is 2.96. The van der Waals surface area contributed by atoms with Crippen LogP contribution in [0.25, 0.3) is 11.1 Å². The zero-order chi connectivity index (χ0) is 13.1. The van der Waals surface area contributed by atoms with Crippen LogP contribution in [-0.2, 0) is 0 Å². The van der Waals surface area contributed by atoms with Crippen LogP contribution in [0.5, 0.6) is 5.75 Å². The van der Waals surface area contributed by atoms with Crippen LogP contribution in [-0.4, -0.2) is 6.61 Å². The standard InChI is InChI=1S/C13H8ClF3O/c14-9-3-1-2-8(6-9)11-5-4-10(15)7-12(11)18-13(16)17/h1-7,13H. The molecule has 94 valence electrons. The summed E-state index contributed by atoms with van der Waals surface area (Å²) in [5.74, 6) is -0.858. The van der Waals surface area contributed by atoms with Crippen LogP contribution in [0.4, 0.5) is 13.2 Å². The van der Waals surface area contributed by atoms with E-state index < -0.39 is 12.4 Å². The summed E-state index contributed by atoms with van der Waals surface area (Å²) in [5, 5.41) is 0.458. The maximum atomic E-state index is 13.0. The Bertz CT molecular complexity index is 558. The molecule has 1 nitrogen and oxygen atoms in total. The number of rotatable bonds is 3. The largest absolute Gasteiger partial charge is 0.434 e. The van der Waals surface area contributed by atoms with Gasteiger partial charge in [0.15, 0.2) is 0 Å². The number of hydrogen-bond acceptors (Lipinski definition) is 1. The van der Waals surface area contributed by atoms with Crippen molar-refractivity contribution < 1.29 is 17.9 Å². The summed E-state index contributed by atoms with van der Waals surface area (Å²) in [6.07, 6.45) is 0. The normalized spacial score (nSPS) is 10.7. The molecule has 18 heavy (non-hydrogen) atoms. The minimum absolute atomic E-state index is 0.215. The second-order valence-corrected chi connectivity index (χ2v) is 3.97. The van der Waals surface area contributed by atoms with Crippen LogP contribution in [0.3, 0.4) is 0 Å². The van der Waals surface area contributed by atoms with Crippen molar-refractivity contribution in [2.24, 2.45) is 0 Å². The smallest absolute Gasteiger partial charge is 0.387 e. The van der Waals surface area contributed by atoms with E-state index in [1.54, 1.807) is 24.3 Å². The molecule has 0 radical (unpaired) electrons. The second kappa shape index (κ2) is 5.31. The van der Waals surface area contributed by atoms with Crippen molar-refractivity contribution >= 4 is 11.6 Å². The third-order valence-corrected chi connectivity index (χ3v) is 2.53. The molecule has 0 bridgehead atoms. The molecule has 0 fully saturated rings. The van der Waals surface area contributed by atoms with Crippen molar-refractivity contribution in [1.82, 2.24) is 0 Å². The molecule has 0 saturated heterocycles. The van der Waals surface area contributed by atoms with Crippen LogP contribution in [0.15, 0.2) is 42.5 Å². The third-order valence-electron chi connectivity index (χ3n) is 2.30. The van der Waals surface area contributed by atoms with Crippen LogP contribution in [0, 0.1) is 5.82 Å². The highest BCUT2D eigenvalue weighted by Gasteiger charge is 2.12. The monoisotopic (exact) mass is 272 g/mol. The van der Waals surface area contributed by atoms with Gasteiger partial charge >= 0.3 is 6.61 Å². The van der Waals surface area contributed by atoms with Gasteiger partial charge in [0.1, 0.15) is 11.6 Å². The van der Waals surface area contributed by atoms with Gasteiger partial charge in [-0.05, 0) is 29.8 Å². The van der Waals surface area contributed by atoms with Gasteiger partial charge in [-0.3, -0.25) is 0 Å². The molecule has 0 heterocycles. The Labute approximate surface area is 107 Å². The fourth-order valence-corrected chi connectivity index (χ4v) is 1.77. The summed E-state index contributed by atoms with van der Waals surface area (Å²) in [7, 11) is 0. The molecule has 0 N–H and O–H groups in total. The Balaban J connectivity index is 2.49. The summed E-state index contributed by atoms with van der Waals surface area (Å²) in [5.41, 5.74) is 0.942. The number of benzene rings is 2. The topological polar surface area (TPSA) is 9.23 Å². The molecule has 0 atom stereocenters. The van der Waals surface area contributed by atoms with Crippen molar-refractivity contribution in [1.29, 1.82) is 0 Å². The van der Waals surface area contributed by atoms with Crippen LogP contribution < -0.4 is 4.74 Å². The van der Waals surface area contributed by atoms with E-state index in [0.717, 1.165) is 6.07 Å². The highest BCUT2D eigenvalue weighted by atomic mass is 35.5. The molecule has 2 aromatic rings. The first-order valence-electron chi connectivity index (χ1n) is 5.06. The van der Waals surface area contributed by atoms with Gasteiger partial charge in [0, 0.05) is 16.7 Å². The molecule has 0 unspecified atom stereocenters. The Morgan fingerprint density at radius 1 is 1.06 bits per heavy atom. The van der Waals surface area contributed by atoms with E-state index in [1.807, 2.05) is 0 Å². The molecule has 0 aliphatic heterocycles. The van der Waals surface area contributed by atoms with E-state index in [0.29, 0.717) is 16.1 Å². The SMILES string of the molecule is Fc1ccc(-c2cccc(Cl)c2)c(OC(F)F)c1. The minimum Gasteiger partial charge on any atom is -0.434 e. The first kappa shape index (κ1) is 12.8. The van der Waals surface area contributed by atoms with E-state index in [1.165, 1.54) is 12.1 Å². The van der Waals surface area contributed by atoms with E-state index >= 15 is 0 Å². The van der Waals surface area contributed by atoms with Gasteiger partial charge in [0.25, 0.3) is 0 Å². The molecule has 2 rings (SSSR count). The van der Waals surface area contributed by atoms with Gasteiger partial charge in [0.2, 0.25) is 0 Å². The molecule has 0 spiro atoms. The lowest BCUT2D eigenvalue weighted by Crippen LogP contribution is -2.03. The Morgan fingerprint density at radius 2 is 1.83 bits per heavy atom. The number of halogens is 4. The number of ether oxygens (including phenoxy) is 1. The fraction of sp³-hybridized carbons (Fsp3) is 0.0769. The van der Waals surface area contributed by atoms with E-state index in [2.05, 4.69) is 4.74 Å². The Hall–Kier alpha value is -1.68. The molecule has 0 saturated carbocycles. The predicted molar refractivity (Wildman–Crippen MR) is 63.5 cm³/mol. The van der Waals surface area contributed by atoms with Crippen molar-refractivity contribution in [3.63, 3.8) is 0 Å². The summed E-state index contributed by atoms with van der Waals surface area (Å²) >= 11 is 5.82. The van der Waals surface area contributed by atoms with Gasteiger partial charge < -0.3 is 4.74 Å². The first-order chi connectivity index (χ1) is 8.56. The Kier molecular flexibility index (Phi) is 3.77. The average Bonchev–Trinajstić information content (AvgIpc) is 2.28. The van der Waals surface area contributed by atoms with Crippen molar-refractivity contribution in [3.05, 3.63) is 53.3 Å². The lowest BCUT2D eigenvalue weighted by atomic mass is 10.0. The molecule has 0 aliphatic rings. The van der Waals surface area contributed by atoms with E-state index in [-0.39, 0.29) is 5.75 Å². The predicted octanol–water partition coefficient (Wildman–Crippen LogP) is 4.75. The molecule has 0 amide bonds. The Morgan fingerprint density at radius 3 is 2.50 bits per heavy atom. The lowest BCUT2D eigenvalue weighted by molar-refractivity contribution is -0.0495. The summed E-state index contributed by atoms with van der Waals surface area (Å²) in [4.78, 5) is 0. The fourth-order valence-electron chi connectivity index (χ4n) is 1.58. The quantitative estimate of drug-likeness (QED) is 0.784. The molecule has 2 aromatic carbocycles. The maximum Gasteiger partial charge on any atom is 0.387 e. The average molecular weight is 273 g/mol. The maximum absolute atomic E-state index is 13.0. The van der Waals surface area contributed by atoms with E-state index in [4.69, 9.17) is 11.6 Å². The van der Waals surface area contributed by atoms with Gasteiger partial charge in [-0.2, -0.15) is 8.78 Å². The summed E-state index contributed by atoms with van der Waals surface area (Å²) in [6, 6.07) is 10.1. The lowest BCUT2D eigenvalue weighted by Gasteiger charge is -2.11. The van der Waals surface area contributed by atoms with E-state index in [9.17, 15) is 13.2 Å². The molecule has 0 aliphatic carbocycles. The zero-order valence-corrected chi connectivity index (χ0v) is 9.79. The van der Waals surface area contributed by atoms with Gasteiger partial charge in [-0.15, -0.1) is 0 Å². The number of hydrogen-bond donors (Lipinski definition) is 0. The molecule has 0 aromatic heterocycles. The molecular weight excluding hydrogens is 265 g/mol. The molecule has 5 heteroatoms. The minimum atomic E-state index is -3.01. The second-order valence-electron chi connectivity index (χ2n) is 3.53. The van der Waals surface area contributed by atoms with Crippen LogP contribution in [0.2, 0.25) is 5.02 Å². The van der Waals surface area contributed by atoms with Crippen molar-refractivity contribution in [2.75, 3.05) is 0 Å². The van der Waals surface area contributed by atoms with Gasteiger partial charge in [-0.25, -0.2) is 4.39 Å². The van der Waals surface area contributed by atoms with Gasteiger partial charge in [0.05, 0.1) is 0 Å². The summed E-state index contributed by atoms with van der Waals surface area (Å²) in [6.45, 7) is -3.01. The first-order valence-corrected chi connectivity index (χ1v) is 5.44. The number of alkyl halides is 2. The summed E-state index contributed by atoms with van der Waals surface area (Å²) < 4.78 is 41.9. The zero-order valence-electron chi connectivity index (χ0n) is 9.04. The highest BCUT2D eigenvalue weighted by Crippen LogP contribution is 2.32. The van der Waals surface area contributed by atoms with Gasteiger partial charge in [-0.1, -0.05) is 23.7 Å². The molecular formula is C13H8ClF3O. The van der Waals surface area contributed by atoms with Crippen LogP contribution in [0.1, 0.15) is 0 Å². The van der Waals surface area contributed by atoms with Crippen molar-refractivity contribution in [2.45, 2.75) is 6.61 Å². The van der Waals surface area contributed by atoms with Crippen molar-refractivity contribution in [3.8, 4) is 16.9 Å². The highest BCUT2D eigenvalue weighted by molar-refractivity contribution is 6.30.